The molecular formula is C22H26ClN3O5S. The zero-order valence-electron chi connectivity index (χ0n) is 17.7. The quantitative estimate of drug-likeness (QED) is 0.605. The summed E-state index contributed by atoms with van der Waals surface area (Å²) >= 11 is 5.86. The molecule has 1 heterocycles. The molecule has 1 unspecified atom stereocenters. The highest BCUT2D eigenvalue weighted by molar-refractivity contribution is 7.89. The highest BCUT2D eigenvalue weighted by Gasteiger charge is 2.33. The van der Waals surface area contributed by atoms with Crippen LogP contribution < -0.4 is 15.4 Å². The van der Waals surface area contributed by atoms with Crippen LogP contribution in [0.25, 0.3) is 0 Å². The molecular weight excluding hydrogens is 454 g/mol. The van der Waals surface area contributed by atoms with Crippen molar-refractivity contribution in [2.24, 2.45) is 5.92 Å². The molecule has 1 saturated heterocycles. The van der Waals surface area contributed by atoms with Gasteiger partial charge in [0, 0.05) is 30.3 Å². The fourth-order valence-electron chi connectivity index (χ4n) is 3.41. The number of halogens is 1. The molecule has 1 aliphatic heterocycles. The molecule has 0 bridgehead atoms. The summed E-state index contributed by atoms with van der Waals surface area (Å²) in [5.41, 5.74) is 0.568. The molecule has 1 atom stereocenters. The molecule has 2 N–H and O–H groups in total. The van der Waals surface area contributed by atoms with Crippen LogP contribution in [0, 0.1) is 5.92 Å². The first kappa shape index (κ1) is 24.0. The third kappa shape index (κ3) is 6.21. The summed E-state index contributed by atoms with van der Waals surface area (Å²) in [6, 6.07) is 12.7. The predicted molar refractivity (Wildman–Crippen MR) is 122 cm³/mol. The van der Waals surface area contributed by atoms with E-state index in [2.05, 4.69) is 10.6 Å². The van der Waals surface area contributed by atoms with E-state index in [0.717, 1.165) is 0 Å². The van der Waals surface area contributed by atoms with E-state index in [1.165, 1.54) is 28.6 Å². The van der Waals surface area contributed by atoms with Crippen molar-refractivity contribution in [3.63, 3.8) is 0 Å². The smallest absolute Gasteiger partial charge is 0.257 e. The zero-order chi connectivity index (χ0) is 23.1. The number of nitrogens with zero attached hydrogens (tertiary/aromatic N) is 1. The number of benzene rings is 2. The maximum absolute atomic E-state index is 12.9. The van der Waals surface area contributed by atoms with Crippen LogP contribution in [-0.2, 0) is 19.6 Å². The summed E-state index contributed by atoms with van der Waals surface area (Å²) in [6.07, 6.45) is 1.20. The van der Waals surface area contributed by atoms with Gasteiger partial charge in [-0.1, -0.05) is 11.6 Å². The first-order valence-corrected chi connectivity index (χ1v) is 12.2. The average molecular weight is 480 g/mol. The second-order valence-electron chi connectivity index (χ2n) is 7.41. The van der Waals surface area contributed by atoms with E-state index in [-0.39, 0.29) is 29.9 Å². The molecule has 0 aromatic heterocycles. The van der Waals surface area contributed by atoms with Gasteiger partial charge in [0.1, 0.15) is 5.75 Å². The fraction of sp³-hybridized carbons (Fsp3) is 0.364. The summed E-state index contributed by atoms with van der Waals surface area (Å²) in [6.45, 7) is 2.76. The van der Waals surface area contributed by atoms with Crippen LogP contribution in [0.2, 0.25) is 5.02 Å². The first-order valence-electron chi connectivity index (χ1n) is 10.4. The molecule has 0 spiro atoms. The molecule has 8 nitrogen and oxygen atoms in total. The molecule has 10 heteroatoms. The highest BCUT2D eigenvalue weighted by atomic mass is 35.5. The minimum atomic E-state index is -3.70. The van der Waals surface area contributed by atoms with Crippen molar-refractivity contribution in [1.82, 2.24) is 9.62 Å². The number of ether oxygens (including phenoxy) is 1. The van der Waals surface area contributed by atoms with Crippen LogP contribution in [0.15, 0.2) is 53.4 Å². The van der Waals surface area contributed by atoms with Gasteiger partial charge >= 0.3 is 0 Å². The van der Waals surface area contributed by atoms with E-state index in [1.807, 2.05) is 6.92 Å². The minimum Gasteiger partial charge on any atom is -0.484 e. The molecule has 32 heavy (non-hydrogen) atoms. The Morgan fingerprint density at radius 3 is 2.47 bits per heavy atom. The van der Waals surface area contributed by atoms with E-state index < -0.39 is 15.9 Å². The van der Waals surface area contributed by atoms with Gasteiger partial charge in [0.2, 0.25) is 15.9 Å². The lowest BCUT2D eigenvalue weighted by Crippen LogP contribution is -2.43. The number of carbonyl (C=O) groups excluding carboxylic acids is 2. The van der Waals surface area contributed by atoms with Gasteiger partial charge in [-0.05, 0) is 68.3 Å². The van der Waals surface area contributed by atoms with Crippen LogP contribution in [0.5, 0.6) is 5.75 Å². The molecule has 3 rings (SSSR count). The van der Waals surface area contributed by atoms with Crippen molar-refractivity contribution < 1.29 is 22.7 Å². The summed E-state index contributed by atoms with van der Waals surface area (Å²) < 4.78 is 32.6. The lowest BCUT2D eigenvalue weighted by Gasteiger charge is -2.31. The normalized spacial score (nSPS) is 16.9. The number of hydrogen-bond acceptors (Lipinski definition) is 5. The number of carbonyl (C=O) groups is 2. The number of rotatable bonds is 8. The number of piperidine rings is 1. The topological polar surface area (TPSA) is 105 Å². The lowest BCUT2D eigenvalue weighted by atomic mass is 9.99. The van der Waals surface area contributed by atoms with Crippen LogP contribution in [0.3, 0.4) is 0 Å². The molecule has 2 aromatic rings. The number of sulfonamides is 1. The van der Waals surface area contributed by atoms with Gasteiger partial charge in [0.15, 0.2) is 6.61 Å². The standard InChI is InChI=1S/C22H26ClN3O5S/c1-2-24-21(27)15-31-19-9-7-18(8-10-19)25-22(28)16-4-3-13-26(14-16)32(29,30)20-11-5-17(23)6-12-20/h5-12,16H,2-4,13-15H2,1H3,(H,24,27)(H,25,28). The van der Waals surface area contributed by atoms with Gasteiger partial charge < -0.3 is 15.4 Å². The van der Waals surface area contributed by atoms with E-state index in [9.17, 15) is 18.0 Å². The van der Waals surface area contributed by atoms with Crippen molar-refractivity contribution in [2.75, 3.05) is 31.6 Å². The van der Waals surface area contributed by atoms with Gasteiger partial charge in [-0.3, -0.25) is 9.59 Å². The molecule has 0 radical (unpaired) electrons. The molecule has 1 fully saturated rings. The Kier molecular flexibility index (Phi) is 8.11. The molecule has 2 aromatic carbocycles. The second-order valence-corrected chi connectivity index (χ2v) is 9.79. The van der Waals surface area contributed by atoms with Crippen LogP contribution in [0.4, 0.5) is 5.69 Å². The maximum Gasteiger partial charge on any atom is 0.257 e. The van der Waals surface area contributed by atoms with Crippen molar-refractivity contribution in [3.05, 3.63) is 53.6 Å². The summed E-state index contributed by atoms with van der Waals surface area (Å²) in [7, 11) is -3.70. The van der Waals surface area contributed by atoms with Gasteiger partial charge in [0.05, 0.1) is 10.8 Å². The summed E-state index contributed by atoms with van der Waals surface area (Å²) in [4.78, 5) is 24.4. The molecule has 172 valence electrons. The van der Waals surface area contributed by atoms with Crippen molar-refractivity contribution in [2.45, 2.75) is 24.7 Å². The second kappa shape index (κ2) is 10.8. The number of amides is 2. The molecule has 0 saturated carbocycles. The molecule has 1 aliphatic rings. The van der Waals surface area contributed by atoms with Gasteiger partial charge in [-0.15, -0.1) is 0 Å². The fourth-order valence-corrected chi connectivity index (χ4v) is 5.06. The van der Waals surface area contributed by atoms with E-state index in [4.69, 9.17) is 16.3 Å². The number of likely N-dealkylation sites (N-methyl/N-ethyl adjacent to an activating group) is 1. The Hall–Kier alpha value is -2.62. The monoisotopic (exact) mass is 479 g/mol. The van der Waals surface area contributed by atoms with Gasteiger partial charge in [0.25, 0.3) is 5.91 Å². The zero-order valence-corrected chi connectivity index (χ0v) is 19.3. The van der Waals surface area contributed by atoms with Crippen LogP contribution in [0.1, 0.15) is 19.8 Å². The first-order chi connectivity index (χ1) is 15.3. The maximum atomic E-state index is 12.9. The van der Waals surface area contributed by atoms with Crippen LogP contribution >= 0.6 is 11.6 Å². The Labute approximate surface area is 192 Å². The van der Waals surface area contributed by atoms with Crippen LogP contribution in [-0.4, -0.2) is 50.8 Å². The Balaban J connectivity index is 1.58. The minimum absolute atomic E-state index is 0.0838. The predicted octanol–water partition coefficient (Wildman–Crippen LogP) is 2.89. The number of hydrogen-bond donors (Lipinski definition) is 2. The largest absolute Gasteiger partial charge is 0.484 e. The number of anilines is 1. The molecule has 0 aliphatic carbocycles. The van der Waals surface area contributed by atoms with Gasteiger partial charge in [-0.2, -0.15) is 4.31 Å². The third-order valence-electron chi connectivity index (χ3n) is 5.07. The van der Waals surface area contributed by atoms with E-state index >= 15 is 0 Å². The molecule has 2 amide bonds. The lowest BCUT2D eigenvalue weighted by molar-refractivity contribution is -0.123. The average Bonchev–Trinajstić information content (AvgIpc) is 2.79. The third-order valence-corrected chi connectivity index (χ3v) is 7.20. The Morgan fingerprint density at radius 2 is 1.81 bits per heavy atom. The van der Waals surface area contributed by atoms with Crippen molar-refractivity contribution in [3.8, 4) is 5.75 Å². The van der Waals surface area contributed by atoms with Crippen molar-refractivity contribution >= 4 is 39.1 Å². The van der Waals surface area contributed by atoms with Crippen molar-refractivity contribution in [1.29, 1.82) is 0 Å². The van der Waals surface area contributed by atoms with E-state index in [0.29, 0.717) is 42.4 Å². The Bertz CT molecular complexity index is 1040. The summed E-state index contributed by atoms with van der Waals surface area (Å²) in [5.74, 6) is -0.399. The highest BCUT2D eigenvalue weighted by Crippen LogP contribution is 2.26. The van der Waals surface area contributed by atoms with Gasteiger partial charge in [-0.25, -0.2) is 8.42 Å². The summed E-state index contributed by atoms with van der Waals surface area (Å²) in [5, 5.41) is 5.93. The number of nitrogens with one attached hydrogen (secondary N) is 2. The Morgan fingerprint density at radius 1 is 1.12 bits per heavy atom. The van der Waals surface area contributed by atoms with E-state index in [1.54, 1.807) is 24.3 Å². The SMILES string of the molecule is CCNC(=O)COc1ccc(NC(=O)C2CCCN(S(=O)(=O)c3ccc(Cl)cc3)C2)cc1.